The van der Waals surface area contributed by atoms with Crippen LogP contribution in [0.4, 0.5) is 8.78 Å². The Labute approximate surface area is 335 Å². The number of likely N-dealkylation sites (tertiary alicyclic amines) is 1. The molecule has 3 aromatic carbocycles. The number of hydrogen-bond donors (Lipinski definition) is 7. The normalized spacial score (nSPS) is 17.1. The van der Waals surface area contributed by atoms with Crippen molar-refractivity contribution in [3.05, 3.63) is 107 Å². The van der Waals surface area contributed by atoms with E-state index in [2.05, 4.69) is 25.5 Å². The highest BCUT2D eigenvalue weighted by Gasteiger charge is 2.38. The fourth-order valence-corrected chi connectivity index (χ4v) is 7.46. The van der Waals surface area contributed by atoms with Crippen LogP contribution in [0.3, 0.4) is 0 Å². The molecule has 15 nitrogen and oxygen atoms in total. The zero-order chi connectivity index (χ0) is 42.0. The standard InChI is InChI=1S/C40H48F2N7O8P/c1-48(23-29(24-50)44-38(53)33-22-27-21-28(13-15-31(27)45-33)40(41,42)57-58(55)56)20-19-30-14-17-34(49(30)2)39(54)46-32(16-18-35(43)51)37(52)47-36(25-9-5-3-6-10-25)26-11-7-4-8-12-26/h3-13,15,21-22,24,29-30,32,34,36,45,55-56H,14,16-20,23H2,1-2H3,(H2,43,51)(H,44,53)(H,46,54)(H,47,52). The summed E-state index contributed by atoms with van der Waals surface area (Å²) in [5.74, 6) is -2.02. The zero-order valence-corrected chi connectivity index (χ0v) is 32.9. The van der Waals surface area contributed by atoms with Crippen molar-refractivity contribution in [2.45, 2.75) is 68.4 Å². The van der Waals surface area contributed by atoms with Crippen molar-refractivity contribution in [3.63, 3.8) is 0 Å². The lowest BCUT2D eigenvalue weighted by atomic mass is 9.98. The Balaban J connectivity index is 1.14. The van der Waals surface area contributed by atoms with E-state index in [4.69, 9.17) is 15.5 Å². The van der Waals surface area contributed by atoms with Crippen LogP contribution in [0.15, 0.2) is 84.9 Å². The number of carbonyl (C=O) groups excluding carboxylic acids is 5. The molecule has 4 atom stereocenters. The van der Waals surface area contributed by atoms with Gasteiger partial charge in [0.1, 0.15) is 18.0 Å². The lowest BCUT2D eigenvalue weighted by Gasteiger charge is -2.29. The van der Waals surface area contributed by atoms with E-state index >= 15 is 0 Å². The molecule has 5 rings (SSSR count). The number of primary amides is 1. The van der Waals surface area contributed by atoms with E-state index in [1.807, 2.05) is 77.5 Å². The van der Waals surface area contributed by atoms with Crippen molar-refractivity contribution < 1.29 is 47.1 Å². The van der Waals surface area contributed by atoms with Crippen molar-refractivity contribution >= 4 is 49.4 Å². The smallest absolute Gasteiger partial charge is 0.370 e. The fourth-order valence-electron chi connectivity index (χ4n) is 7.15. The molecule has 1 saturated heterocycles. The highest BCUT2D eigenvalue weighted by molar-refractivity contribution is 7.39. The molecule has 1 aromatic heterocycles. The van der Waals surface area contributed by atoms with E-state index in [-0.39, 0.29) is 42.4 Å². The second kappa shape index (κ2) is 20.0. The number of likely N-dealkylation sites (N-methyl/N-ethyl adjacent to an activating group) is 2. The zero-order valence-electron chi connectivity index (χ0n) is 32.0. The number of nitrogens with zero attached hydrogens (tertiary/aromatic N) is 2. The van der Waals surface area contributed by atoms with Crippen LogP contribution in [0.2, 0.25) is 0 Å². The molecular formula is C40H48F2N7O8P. The van der Waals surface area contributed by atoms with Gasteiger partial charge in [0.15, 0.2) is 0 Å². The van der Waals surface area contributed by atoms with E-state index in [9.17, 15) is 32.8 Å². The molecule has 4 amide bonds. The number of aromatic nitrogens is 1. The molecular weight excluding hydrogens is 775 g/mol. The van der Waals surface area contributed by atoms with Crippen LogP contribution in [-0.2, 0) is 29.8 Å². The molecule has 8 N–H and O–H groups in total. The molecule has 4 aromatic rings. The minimum Gasteiger partial charge on any atom is -0.370 e. The van der Waals surface area contributed by atoms with E-state index < -0.39 is 62.2 Å². The molecule has 1 aliphatic rings. The van der Waals surface area contributed by atoms with Crippen LogP contribution in [0.1, 0.15) is 65.3 Å². The number of hydrogen-bond acceptors (Lipinski definition) is 10. The highest BCUT2D eigenvalue weighted by Crippen LogP contribution is 2.42. The topological polar surface area (TPSA) is 219 Å². The van der Waals surface area contributed by atoms with Crippen LogP contribution >= 0.6 is 8.60 Å². The maximum atomic E-state index is 14.2. The predicted octanol–water partition coefficient (Wildman–Crippen LogP) is 3.18. The third kappa shape index (κ3) is 11.7. The van der Waals surface area contributed by atoms with Gasteiger partial charge in [-0.1, -0.05) is 60.7 Å². The van der Waals surface area contributed by atoms with Crippen molar-refractivity contribution in [3.8, 4) is 0 Å². The number of fused-ring (bicyclic) bond motifs is 1. The maximum Gasteiger partial charge on any atom is 0.389 e. The summed E-state index contributed by atoms with van der Waals surface area (Å²) in [6.45, 7) is 0.682. The summed E-state index contributed by atoms with van der Waals surface area (Å²) < 4.78 is 32.4. The predicted molar refractivity (Wildman–Crippen MR) is 212 cm³/mol. The molecule has 0 spiro atoms. The number of carbonyl (C=O) groups is 5. The van der Waals surface area contributed by atoms with Crippen LogP contribution in [0.25, 0.3) is 10.9 Å². The van der Waals surface area contributed by atoms with Gasteiger partial charge in [-0.2, -0.15) is 8.78 Å². The summed E-state index contributed by atoms with van der Waals surface area (Å²) in [4.78, 5) is 88.6. The van der Waals surface area contributed by atoms with Gasteiger partial charge in [0, 0.05) is 29.9 Å². The SMILES string of the molecule is CN(CCC1CCC(C(=O)NC(CCC(N)=O)C(=O)NC(c2ccccc2)c2ccccc2)N1C)CC(C=O)NC(=O)c1cc2cc(C(F)(F)OP(O)O)ccc2[nH]1. The van der Waals surface area contributed by atoms with E-state index in [1.54, 1.807) is 7.05 Å². The Morgan fingerprint density at radius 1 is 1.00 bits per heavy atom. The van der Waals surface area contributed by atoms with Crippen LogP contribution in [-0.4, -0.2) is 106 Å². The summed E-state index contributed by atoms with van der Waals surface area (Å²) in [7, 11) is 0.311. The quantitative estimate of drug-likeness (QED) is 0.0510. The summed E-state index contributed by atoms with van der Waals surface area (Å²) in [5, 5.41) is 8.82. The maximum absolute atomic E-state index is 14.2. The lowest BCUT2D eigenvalue weighted by molar-refractivity contribution is -0.189. The van der Waals surface area contributed by atoms with Crippen molar-refractivity contribution in [1.82, 2.24) is 30.7 Å². The minimum absolute atomic E-state index is 0.00309. The first-order valence-corrected chi connectivity index (χ1v) is 19.8. The number of benzene rings is 3. The van der Waals surface area contributed by atoms with Crippen molar-refractivity contribution in [1.29, 1.82) is 0 Å². The largest absolute Gasteiger partial charge is 0.389 e. The molecule has 310 valence electrons. The second-order valence-electron chi connectivity index (χ2n) is 14.4. The number of halogens is 2. The summed E-state index contributed by atoms with van der Waals surface area (Å²) in [6.07, 6.45) is -1.59. The molecule has 0 saturated carbocycles. The Morgan fingerprint density at radius 3 is 2.26 bits per heavy atom. The summed E-state index contributed by atoms with van der Waals surface area (Å²) in [6, 6.07) is 20.6. The second-order valence-corrected chi connectivity index (χ2v) is 15.0. The van der Waals surface area contributed by atoms with Gasteiger partial charge in [-0.05, 0) is 81.7 Å². The van der Waals surface area contributed by atoms with Crippen molar-refractivity contribution in [2.75, 3.05) is 27.2 Å². The molecule has 0 aliphatic carbocycles. The van der Waals surface area contributed by atoms with Gasteiger partial charge in [0.05, 0.1) is 23.7 Å². The molecule has 4 unspecified atom stereocenters. The number of nitrogens with one attached hydrogen (secondary N) is 4. The van der Waals surface area contributed by atoms with Crippen LogP contribution in [0, 0.1) is 0 Å². The number of aldehydes is 1. The van der Waals surface area contributed by atoms with Gasteiger partial charge >= 0.3 is 14.7 Å². The average Bonchev–Trinajstić information content (AvgIpc) is 3.80. The van der Waals surface area contributed by atoms with Crippen molar-refractivity contribution in [2.24, 2.45) is 5.73 Å². The Morgan fingerprint density at radius 2 is 1.66 bits per heavy atom. The molecule has 0 radical (unpaired) electrons. The molecule has 18 heteroatoms. The third-order valence-corrected chi connectivity index (χ3v) is 10.6. The van der Waals surface area contributed by atoms with E-state index in [0.29, 0.717) is 37.6 Å². The van der Waals surface area contributed by atoms with Gasteiger partial charge in [-0.15, -0.1) is 0 Å². The number of H-pyrrole nitrogens is 1. The monoisotopic (exact) mass is 823 g/mol. The van der Waals surface area contributed by atoms with Crippen LogP contribution in [0.5, 0.6) is 0 Å². The molecule has 0 bridgehead atoms. The molecule has 1 aliphatic heterocycles. The number of aromatic amines is 1. The number of nitrogens with two attached hydrogens (primary N) is 1. The van der Waals surface area contributed by atoms with E-state index in [1.165, 1.54) is 12.1 Å². The first-order valence-electron chi connectivity index (χ1n) is 18.7. The molecule has 58 heavy (non-hydrogen) atoms. The van der Waals surface area contributed by atoms with Crippen LogP contribution < -0.4 is 21.7 Å². The highest BCUT2D eigenvalue weighted by atomic mass is 31.2. The van der Waals surface area contributed by atoms with Gasteiger partial charge < -0.3 is 46.1 Å². The van der Waals surface area contributed by atoms with Gasteiger partial charge in [0.25, 0.3) is 5.91 Å². The first-order chi connectivity index (χ1) is 27.6. The summed E-state index contributed by atoms with van der Waals surface area (Å²) in [5.41, 5.74) is 6.87. The van der Waals surface area contributed by atoms with E-state index in [0.717, 1.165) is 23.3 Å². The van der Waals surface area contributed by atoms with Gasteiger partial charge in [-0.25, -0.2) is 4.52 Å². The fraction of sp³-hybridized carbons (Fsp3) is 0.375. The molecule has 2 heterocycles. The molecule has 1 fully saturated rings. The number of amides is 4. The average molecular weight is 824 g/mol. The number of rotatable bonds is 20. The Bertz CT molecular complexity index is 2000. The number of alkyl halides is 2. The van der Waals surface area contributed by atoms with Gasteiger partial charge in [-0.3, -0.25) is 24.1 Å². The lowest BCUT2D eigenvalue weighted by Crippen LogP contribution is -2.53. The Hall–Kier alpha value is -5.16. The summed E-state index contributed by atoms with van der Waals surface area (Å²) >= 11 is 0. The Kier molecular flexibility index (Phi) is 15.2. The first kappa shape index (κ1) is 44.0. The third-order valence-electron chi connectivity index (χ3n) is 10.2. The van der Waals surface area contributed by atoms with Gasteiger partial charge in [0.2, 0.25) is 17.7 Å². The minimum atomic E-state index is -3.97.